The van der Waals surface area contributed by atoms with E-state index in [4.69, 9.17) is 0 Å². The number of hydrogen-bond donors (Lipinski definition) is 4. The Hall–Kier alpha value is -2.42. The summed E-state index contributed by atoms with van der Waals surface area (Å²) in [4.78, 5) is 0. The van der Waals surface area contributed by atoms with Crippen LogP contribution in [0.1, 0.15) is 63.1 Å². The van der Waals surface area contributed by atoms with Crippen LogP contribution in [0.5, 0.6) is 0 Å². The van der Waals surface area contributed by atoms with Crippen LogP contribution in [0.25, 0.3) is 16.5 Å². The molecule has 5 nitrogen and oxygen atoms in total. The Labute approximate surface area is 221 Å². The highest BCUT2D eigenvalue weighted by atomic mass is 19.4. The van der Waals surface area contributed by atoms with E-state index < -0.39 is 28.9 Å². The van der Waals surface area contributed by atoms with E-state index in [9.17, 15) is 23.4 Å². The predicted octanol–water partition coefficient (Wildman–Crippen LogP) is 5.99. The van der Waals surface area contributed by atoms with Crippen molar-refractivity contribution in [1.29, 1.82) is 0 Å². The first kappa shape index (κ1) is 27.2. The van der Waals surface area contributed by atoms with E-state index in [1.807, 2.05) is 52.2 Å². The van der Waals surface area contributed by atoms with E-state index in [-0.39, 0.29) is 23.8 Å². The molecule has 1 fully saturated rings. The molecule has 0 bridgehead atoms. The lowest BCUT2D eigenvalue weighted by atomic mass is 9.56. The molecule has 0 amide bonds. The molecule has 2 aromatic rings. The van der Waals surface area contributed by atoms with Gasteiger partial charge in [0.2, 0.25) is 0 Å². The molecule has 206 valence electrons. The van der Waals surface area contributed by atoms with Gasteiger partial charge in [-0.05, 0) is 101 Å². The number of nitrogens with zero attached hydrogens (tertiary/aromatic N) is 1. The molecule has 5 atom stereocenters. The number of aliphatic hydroxyl groups is 2. The number of aromatic nitrogens is 2. The highest BCUT2D eigenvalue weighted by Gasteiger charge is 2.60. The number of allylic oxidation sites excluding steroid dienone is 3. The van der Waals surface area contributed by atoms with E-state index >= 15 is 0 Å². The number of halogens is 3. The lowest BCUT2D eigenvalue weighted by Gasteiger charge is -2.50. The molecular weight excluding hydrogens is 491 g/mol. The molecule has 4 unspecified atom stereocenters. The average Bonchev–Trinajstić information content (AvgIpc) is 3.35. The number of aliphatic hydroxyl groups excluding tert-OH is 1. The maximum atomic E-state index is 14.6. The predicted molar refractivity (Wildman–Crippen MR) is 143 cm³/mol. The first-order valence-corrected chi connectivity index (χ1v) is 13.6. The number of benzene rings is 1. The van der Waals surface area contributed by atoms with Crippen molar-refractivity contribution in [3.05, 3.63) is 58.3 Å². The molecule has 6 rings (SSSR count). The quantitative estimate of drug-likeness (QED) is 0.366. The standard InChI is InChI=1S/C28H31F3N2O2.C2H7N/c1-15-20-12-17(4-7-24(20)33-32-15)21-6-8-25-26(21,2)14-23(28(29,30)31)22-13-18-11-19(34)5-3-16(18)9-10-27(22,25)35;1-3-2/h4,6-7,12-13,16,19,25,34-35H,3,5,8-11,14H2,1-2H3,(H,32,33);3H,1-2H3/t16?,19?,25?,26?,27-;/m1./s1. The fourth-order valence-electron chi connectivity index (χ4n) is 7.50. The third-order valence-corrected chi connectivity index (χ3v) is 9.30. The zero-order valence-corrected chi connectivity index (χ0v) is 22.5. The molecule has 4 aliphatic carbocycles. The van der Waals surface area contributed by atoms with Crippen molar-refractivity contribution < 1.29 is 23.4 Å². The van der Waals surface area contributed by atoms with Crippen molar-refractivity contribution in [2.75, 3.05) is 14.1 Å². The SMILES string of the molecule is CNC.Cc1[nH]nc2ccc(C3=CCC4C3(C)CC(C(F)(F)F)=C3C=C5CC(O)CCC5CC[C@@]34O)cc12. The molecular formula is C30H38F3N3O2. The third-order valence-electron chi connectivity index (χ3n) is 9.30. The zero-order chi connectivity index (χ0) is 27.5. The van der Waals surface area contributed by atoms with Gasteiger partial charge in [0.25, 0.3) is 0 Å². The second-order valence-corrected chi connectivity index (χ2v) is 11.8. The van der Waals surface area contributed by atoms with Crippen molar-refractivity contribution in [2.45, 2.75) is 76.7 Å². The number of fused-ring (bicyclic) bond motifs is 5. The molecule has 0 radical (unpaired) electrons. The molecule has 0 aliphatic heterocycles. The first-order chi connectivity index (χ1) is 17.9. The van der Waals surface area contributed by atoms with Crippen LogP contribution in [-0.2, 0) is 0 Å². The van der Waals surface area contributed by atoms with Gasteiger partial charge < -0.3 is 15.5 Å². The van der Waals surface area contributed by atoms with Gasteiger partial charge in [0.15, 0.2) is 0 Å². The summed E-state index contributed by atoms with van der Waals surface area (Å²) in [5.41, 5.74) is 1.42. The van der Waals surface area contributed by atoms with Gasteiger partial charge in [-0.1, -0.05) is 30.7 Å². The number of aryl methyl sites for hydroxylation is 1. The van der Waals surface area contributed by atoms with Gasteiger partial charge in [0, 0.05) is 28.0 Å². The minimum atomic E-state index is -4.54. The molecule has 1 heterocycles. The number of nitrogens with one attached hydrogen (secondary N) is 2. The maximum absolute atomic E-state index is 14.6. The topological polar surface area (TPSA) is 81.2 Å². The fourth-order valence-corrected chi connectivity index (χ4v) is 7.50. The Morgan fingerprint density at radius 3 is 2.61 bits per heavy atom. The van der Waals surface area contributed by atoms with E-state index in [2.05, 4.69) is 15.5 Å². The van der Waals surface area contributed by atoms with Crippen LogP contribution in [-0.4, -0.2) is 52.4 Å². The summed E-state index contributed by atoms with van der Waals surface area (Å²) in [6, 6.07) is 5.85. The minimum Gasteiger partial charge on any atom is -0.393 e. The molecule has 0 saturated heterocycles. The lowest BCUT2D eigenvalue weighted by molar-refractivity contribution is -0.113. The van der Waals surface area contributed by atoms with Gasteiger partial charge in [-0.2, -0.15) is 18.3 Å². The molecule has 0 spiro atoms. The van der Waals surface area contributed by atoms with Crippen LogP contribution in [0.15, 0.2) is 47.1 Å². The summed E-state index contributed by atoms with van der Waals surface area (Å²) >= 11 is 0. The molecule has 4 aliphatic rings. The smallest absolute Gasteiger partial charge is 0.393 e. The number of hydrogen-bond acceptors (Lipinski definition) is 4. The molecule has 38 heavy (non-hydrogen) atoms. The van der Waals surface area contributed by atoms with Crippen LogP contribution in [0, 0.1) is 24.2 Å². The molecule has 4 N–H and O–H groups in total. The number of aromatic amines is 1. The van der Waals surface area contributed by atoms with Crippen LogP contribution < -0.4 is 5.32 Å². The van der Waals surface area contributed by atoms with Gasteiger partial charge in [-0.3, -0.25) is 5.10 Å². The summed E-state index contributed by atoms with van der Waals surface area (Å²) < 4.78 is 43.8. The summed E-state index contributed by atoms with van der Waals surface area (Å²) in [5.74, 6) is -0.212. The number of rotatable bonds is 1. The Bertz CT molecular complexity index is 1320. The highest BCUT2D eigenvalue weighted by Crippen LogP contribution is 2.64. The summed E-state index contributed by atoms with van der Waals surface area (Å²) in [6.07, 6.45) is 1.75. The van der Waals surface area contributed by atoms with Crippen LogP contribution >= 0.6 is 0 Å². The highest BCUT2D eigenvalue weighted by molar-refractivity contribution is 5.87. The second kappa shape index (κ2) is 9.65. The maximum Gasteiger partial charge on any atom is 0.413 e. The third kappa shape index (κ3) is 4.34. The monoisotopic (exact) mass is 529 g/mol. The largest absolute Gasteiger partial charge is 0.413 e. The van der Waals surface area contributed by atoms with Gasteiger partial charge in [0.1, 0.15) is 0 Å². The van der Waals surface area contributed by atoms with E-state index in [0.717, 1.165) is 39.7 Å². The lowest BCUT2D eigenvalue weighted by Crippen LogP contribution is -2.51. The van der Waals surface area contributed by atoms with Gasteiger partial charge in [-0.15, -0.1) is 0 Å². The van der Waals surface area contributed by atoms with Crippen LogP contribution in [0.4, 0.5) is 13.2 Å². The van der Waals surface area contributed by atoms with Crippen molar-refractivity contribution >= 4 is 16.5 Å². The molecule has 1 aromatic heterocycles. The van der Waals surface area contributed by atoms with Crippen molar-refractivity contribution in [2.24, 2.45) is 17.3 Å². The van der Waals surface area contributed by atoms with Crippen molar-refractivity contribution in [3.63, 3.8) is 0 Å². The van der Waals surface area contributed by atoms with E-state index in [1.165, 1.54) is 0 Å². The second-order valence-electron chi connectivity index (χ2n) is 11.8. The minimum absolute atomic E-state index is 0.0508. The summed E-state index contributed by atoms with van der Waals surface area (Å²) in [6.45, 7) is 3.83. The van der Waals surface area contributed by atoms with Crippen LogP contribution in [0.3, 0.4) is 0 Å². The zero-order valence-electron chi connectivity index (χ0n) is 22.5. The van der Waals surface area contributed by atoms with Crippen LogP contribution in [0.2, 0.25) is 0 Å². The molecule has 1 saturated carbocycles. The summed E-state index contributed by atoms with van der Waals surface area (Å²) in [7, 11) is 3.75. The van der Waals surface area contributed by atoms with Gasteiger partial charge in [-0.25, -0.2) is 0 Å². The number of alkyl halides is 3. The van der Waals surface area contributed by atoms with Crippen molar-refractivity contribution in [1.82, 2.24) is 15.5 Å². The Morgan fingerprint density at radius 2 is 1.89 bits per heavy atom. The van der Waals surface area contributed by atoms with Gasteiger partial charge in [0.05, 0.1) is 17.2 Å². The Balaban J connectivity index is 0.000000937. The molecule has 8 heteroatoms. The summed E-state index contributed by atoms with van der Waals surface area (Å²) in [5, 5.41) is 33.4. The molecule has 1 aromatic carbocycles. The first-order valence-electron chi connectivity index (χ1n) is 13.6. The van der Waals surface area contributed by atoms with E-state index in [1.54, 1.807) is 6.08 Å². The average molecular weight is 530 g/mol. The van der Waals surface area contributed by atoms with Crippen molar-refractivity contribution in [3.8, 4) is 0 Å². The van der Waals surface area contributed by atoms with E-state index in [0.29, 0.717) is 32.1 Å². The number of H-pyrrole nitrogens is 1. The normalized spacial score (nSPS) is 32.9. The Morgan fingerprint density at radius 1 is 1.16 bits per heavy atom. The van der Waals surface area contributed by atoms with Gasteiger partial charge >= 0.3 is 6.18 Å². The fraction of sp³-hybridized carbons (Fsp3) is 0.567. The Kier molecular flexibility index (Phi) is 6.89.